The fourth-order valence-corrected chi connectivity index (χ4v) is 1.08. The Kier molecular flexibility index (Phi) is 3.30. The van der Waals surface area contributed by atoms with Gasteiger partial charge in [-0.2, -0.15) is 4.57 Å². The van der Waals surface area contributed by atoms with E-state index in [9.17, 15) is 9.59 Å². The van der Waals surface area contributed by atoms with Crippen molar-refractivity contribution in [2.24, 2.45) is 11.5 Å². The molecule has 0 aliphatic heterocycles. The van der Waals surface area contributed by atoms with Crippen LogP contribution < -0.4 is 16.0 Å². The number of pyridine rings is 1. The third-order valence-corrected chi connectivity index (χ3v) is 1.70. The monoisotopic (exact) mass is 194 g/mol. The summed E-state index contributed by atoms with van der Waals surface area (Å²) in [7, 11) is 0. The van der Waals surface area contributed by atoms with Gasteiger partial charge in [0.05, 0.1) is 12.1 Å². The second-order valence-corrected chi connectivity index (χ2v) is 2.86. The van der Waals surface area contributed by atoms with Gasteiger partial charge in [-0.3, -0.25) is 9.59 Å². The number of aromatic nitrogens is 1. The lowest BCUT2D eigenvalue weighted by Crippen LogP contribution is -2.41. The molecule has 0 fully saturated rings. The molecule has 4 N–H and O–H groups in total. The number of hydrogen-bond donors (Lipinski definition) is 2. The number of ketones is 1. The van der Waals surface area contributed by atoms with Crippen molar-refractivity contribution in [2.75, 3.05) is 6.54 Å². The van der Waals surface area contributed by atoms with Gasteiger partial charge in [-0.05, 0) is 6.07 Å². The van der Waals surface area contributed by atoms with Crippen LogP contribution >= 0.6 is 0 Å². The summed E-state index contributed by atoms with van der Waals surface area (Å²) in [6.45, 7) is 0.0201. The van der Waals surface area contributed by atoms with Crippen LogP contribution in [0.15, 0.2) is 24.5 Å². The molecule has 1 heterocycles. The largest absolute Gasteiger partial charge is 0.364 e. The highest BCUT2D eigenvalue weighted by Gasteiger charge is 2.10. The van der Waals surface area contributed by atoms with E-state index in [4.69, 9.17) is 11.5 Å². The molecule has 5 nitrogen and oxygen atoms in total. The maximum atomic E-state index is 11.2. The first kappa shape index (κ1) is 10.3. The van der Waals surface area contributed by atoms with Gasteiger partial charge in [0.2, 0.25) is 6.54 Å². The normalized spacial score (nSPS) is 9.79. The van der Waals surface area contributed by atoms with Crippen molar-refractivity contribution in [1.29, 1.82) is 0 Å². The molecule has 0 aromatic carbocycles. The van der Waals surface area contributed by atoms with E-state index in [1.54, 1.807) is 29.1 Å². The van der Waals surface area contributed by atoms with Crippen LogP contribution in [0, 0.1) is 0 Å². The number of nitrogens with zero attached hydrogens (tertiary/aromatic N) is 1. The maximum Gasteiger partial charge on any atom is 0.283 e. The topological polar surface area (TPSA) is 90.1 Å². The van der Waals surface area contributed by atoms with Crippen LogP contribution in [0.5, 0.6) is 0 Å². The number of carbonyl (C=O) groups is 2. The van der Waals surface area contributed by atoms with Crippen LogP contribution in [0.2, 0.25) is 0 Å². The maximum absolute atomic E-state index is 11.2. The SMILES string of the molecule is NCC(=O)c1ccc[n+](CC(N)=O)c1. The average Bonchev–Trinajstić information content (AvgIpc) is 2.16. The van der Waals surface area contributed by atoms with Crippen LogP contribution in [0.4, 0.5) is 0 Å². The summed E-state index contributed by atoms with van der Waals surface area (Å²) in [5.41, 5.74) is 10.7. The van der Waals surface area contributed by atoms with Gasteiger partial charge >= 0.3 is 0 Å². The fraction of sp³-hybridized carbons (Fsp3) is 0.222. The van der Waals surface area contributed by atoms with Crippen molar-refractivity contribution in [3.05, 3.63) is 30.1 Å². The summed E-state index contributed by atoms with van der Waals surface area (Å²) in [5, 5.41) is 0. The van der Waals surface area contributed by atoms with E-state index in [0.29, 0.717) is 5.56 Å². The van der Waals surface area contributed by atoms with Crippen LogP contribution in [0.1, 0.15) is 10.4 Å². The highest BCUT2D eigenvalue weighted by atomic mass is 16.1. The van der Waals surface area contributed by atoms with E-state index in [1.807, 2.05) is 0 Å². The number of primary amides is 1. The molecule has 0 saturated carbocycles. The van der Waals surface area contributed by atoms with Crippen molar-refractivity contribution in [2.45, 2.75) is 6.54 Å². The Labute approximate surface area is 81.3 Å². The quantitative estimate of drug-likeness (QED) is 0.456. The molecular formula is C9H12N3O2+. The van der Waals surface area contributed by atoms with Gasteiger partial charge in [0.25, 0.3) is 5.91 Å². The summed E-state index contributed by atoms with van der Waals surface area (Å²) >= 11 is 0. The molecule has 0 atom stereocenters. The standard InChI is InChI=1S/C9H11N3O2/c10-4-8(13)7-2-1-3-12(5-7)6-9(11)14/h1-3,5H,4,6,10H2,(H-,11,14)/p+1. The molecule has 74 valence electrons. The van der Waals surface area contributed by atoms with Crippen LogP contribution in [-0.4, -0.2) is 18.2 Å². The molecule has 0 aliphatic carbocycles. The fourth-order valence-electron chi connectivity index (χ4n) is 1.08. The smallest absolute Gasteiger partial charge is 0.283 e. The molecular weight excluding hydrogens is 182 g/mol. The molecule has 1 rings (SSSR count). The lowest BCUT2D eigenvalue weighted by Gasteiger charge is -1.96. The Hall–Kier alpha value is -1.75. The number of amides is 1. The molecule has 0 aliphatic rings. The number of hydrogen-bond acceptors (Lipinski definition) is 3. The Bertz CT molecular complexity index is 363. The molecule has 5 heteroatoms. The van der Waals surface area contributed by atoms with Crippen molar-refractivity contribution >= 4 is 11.7 Å². The average molecular weight is 194 g/mol. The van der Waals surface area contributed by atoms with Gasteiger partial charge in [0.1, 0.15) is 0 Å². The summed E-state index contributed by atoms with van der Waals surface area (Å²) in [4.78, 5) is 21.8. The second-order valence-electron chi connectivity index (χ2n) is 2.86. The first-order valence-corrected chi connectivity index (χ1v) is 4.14. The van der Waals surface area contributed by atoms with E-state index in [2.05, 4.69) is 0 Å². The summed E-state index contributed by atoms with van der Waals surface area (Å²) in [6.07, 6.45) is 3.22. The number of nitrogens with two attached hydrogens (primary N) is 2. The molecule has 14 heavy (non-hydrogen) atoms. The van der Waals surface area contributed by atoms with Gasteiger partial charge in [-0.25, -0.2) is 0 Å². The predicted molar refractivity (Wildman–Crippen MR) is 49.2 cm³/mol. The number of Topliss-reactive ketones (excluding diaryl/α,β-unsaturated/α-hetero) is 1. The number of rotatable bonds is 4. The van der Waals surface area contributed by atoms with Gasteiger partial charge in [0.15, 0.2) is 18.2 Å². The minimum absolute atomic E-state index is 0.0411. The summed E-state index contributed by atoms with van der Waals surface area (Å²) in [6, 6.07) is 3.32. The van der Waals surface area contributed by atoms with Crippen LogP contribution in [0.25, 0.3) is 0 Å². The van der Waals surface area contributed by atoms with Crippen LogP contribution in [0.3, 0.4) is 0 Å². The van der Waals surface area contributed by atoms with Crippen LogP contribution in [-0.2, 0) is 11.3 Å². The summed E-state index contributed by atoms with van der Waals surface area (Å²) in [5.74, 6) is -0.615. The molecule has 0 spiro atoms. The van der Waals surface area contributed by atoms with Crippen molar-refractivity contribution in [3.8, 4) is 0 Å². The van der Waals surface area contributed by atoms with Gasteiger partial charge in [-0.1, -0.05) is 0 Å². The van der Waals surface area contributed by atoms with E-state index in [1.165, 1.54) is 0 Å². The van der Waals surface area contributed by atoms with Crippen molar-refractivity contribution < 1.29 is 14.2 Å². The lowest BCUT2D eigenvalue weighted by atomic mass is 10.2. The molecule has 0 bridgehead atoms. The zero-order valence-electron chi connectivity index (χ0n) is 7.64. The van der Waals surface area contributed by atoms with Crippen molar-refractivity contribution in [3.63, 3.8) is 0 Å². The van der Waals surface area contributed by atoms with E-state index in [0.717, 1.165) is 0 Å². The predicted octanol–water partition coefficient (Wildman–Crippen LogP) is -1.40. The Balaban J connectivity index is 2.89. The molecule has 1 aromatic rings. The van der Waals surface area contributed by atoms with Gasteiger partial charge < -0.3 is 11.5 Å². The van der Waals surface area contributed by atoms with Gasteiger partial charge in [0, 0.05) is 6.07 Å². The molecule has 0 radical (unpaired) electrons. The first-order valence-electron chi connectivity index (χ1n) is 4.14. The summed E-state index contributed by atoms with van der Waals surface area (Å²) < 4.78 is 1.55. The molecule has 1 amide bonds. The highest BCUT2D eigenvalue weighted by molar-refractivity contribution is 5.96. The Morgan fingerprint density at radius 1 is 1.43 bits per heavy atom. The Morgan fingerprint density at radius 2 is 2.14 bits per heavy atom. The molecule has 0 saturated heterocycles. The minimum atomic E-state index is -0.452. The van der Waals surface area contributed by atoms with Gasteiger partial charge in [-0.15, -0.1) is 0 Å². The Morgan fingerprint density at radius 3 is 2.71 bits per heavy atom. The van der Waals surface area contributed by atoms with E-state index < -0.39 is 5.91 Å². The lowest BCUT2D eigenvalue weighted by molar-refractivity contribution is -0.684. The minimum Gasteiger partial charge on any atom is -0.364 e. The molecule has 1 aromatic heterocycles. The third kappa shape index (κ3) is 2.63. The molecule has 0 unspecified atom stereocenters. The zero-order valence-corrected chi connectivity index (χ0v) is 7.64. The highest BCUT2D eigenvalue weighted by Crippen LogP contribution is 1.94. The van der Waals surface area contributed by atoms with E-state index >= 15 is 0 Å². The van der Waals surface area contributed by atoms with E-state index in [-0.39, 0.29) is 18.9 Å². The van der Waals surface area contributed by atoms with Crippen molar-refractivity contribution in [1.82, 2.24) is 0 Å². The first-order chi connectivity index (χ1) is 6.63. The zero-order chi connectivity index (χ0) is 10.6. The number of carbonyl (C=O) groups excluding carboxylic acids is 2. The third-order valence-electron chi connectivity index (χ3n) is 1.70. The second kappa shape index (κ2) is 4.48.